The molecule has 2 N–H and O–H groups in total. The minimum Gasteiger partial charge on any atom is -0.325 e. The number of piperazine rings is 1. The number of alkyl halides is 3. The molecule has 0 spiro atoms. The molecular weight excluding hydrogens is 459 g/mol. The van der Waals surface area contributed by atoms with E-state index in [1.54, 1.807) is 18.2 Å². The summed E-state index contributed by atoms with van der Waals surface area (Å²) in [6.07, 6.45) is -4.60. The Morgan fingerprint density at radius 2 is 1.79 bits per heavy atom. The predicted octanol–water partition coefficient (Wildman–Crippen LogP) is 3.35. The first kappa shape index (κ1) is 23.2. The van der Waals surface area contributed by atoms with E-state index in [0.29, 0.717) is 49.5 Å². The summed E-state index contributed by atoms with van der Waals surface area (Å²) in [5.41, 5.74) is -0.484. The summed E-state index contributed by atoms with van der Waals surface area (Å²) < 4.78 is 39.0. The number of aromatic nitrogens is 2. The molecule has 4 rings (SSSR count). The maximum atomic E-state index is 13.0. The summed E-state index contributed by atoms with van der Waals surface area (Å²) in [5.74, 6) is 0.174. The molecule has 0 saturated carbocycles. The van der Waals surface area contributed by atoms with Crippen LogP contribution in [0.3, 0.4) is 0 Å². The van der Waals surface area contributed by atoms with E-state index in [4.69, 9.17) is 11.6 Å². The highest BCUT2D eigenvalue weighted by molar-refractivity contribution is 6.31. The van der Waals surface area contributed by atoms with Gasteiger partial charge in [-0.15, -0.1) is 0 Å². The van der Waals surface area contributed by atoms with Crippen LogP contribution in [0.4, 0.5) is 18.9 Å². The van der Waals surface area contributed by atoms with Crippen molar-refractivity contribution in [2.24, 2.45) is 0 Å². The van der Waals surface area contributed by atoms with E-state index in [1.807, 2.05) is 11.0 Å². The molecule has 2 aromatic carbocycles. The van der Waals surface area contributed by atoms with Crippen molar-refractivity contribution < 1.29 is 18.0 Å². The number of para-hydroxylation sites is 1. The van der Waals surface area contributed by atoms with Crippen LogP contribution in [0, 0.1) is 0 Å². The van der Waals surface area contributed by atoms with Crippen LogP contribution in [0.15, 0.2) is 47.3 Å². The first-order valence-electron chi connectivity index (χ1n) is 10.3. The molecule has 1 amide bonds. The lowest BCUT2D eigenvalue weighted by atomic mass is 10.2. The van der Waals surface area contributed by atoms with Crippen molar-refractivity contribution in [2.45, 2.75) is 12.7 Å². The molecule has 7 nitrogen and oxygen atoms in total. The molecule has 3 aromatic rings. The first-order valence-corrected chi connectivity index (χ1v) is 10.7. The fourth-order valence-corrected chi connectivity index (χ4v) is 3.98. The Hall–Kier alpha value is -2.95. The zero-order valence-electron chi connectivity index (χ0n) is 17.5. The van der Waals surface area contributed by atoms with E-state index in [-0.39, 0.29) is 17.8 Å². The molecule has 174 valence electrons. The number of H-pyrrole nitrogens is 1. The van der Waals surface area contributed by atoms with Crippen LogP contribution >= 0.6 is 11.6 Å². The van der Waals surface area contributed by atoms with E-state index in [0.717, 1.165) is 12.1 Å². The minimum atomic E-state index is -4.60. The van der Waals surface area contributed by atoms with E-state index in [1.165, 1.54) is 6.07 Å². The van der Waals surface area contributed by atoms with E-state index in [9.17, 15) is 22.8 Å². The lowest BCUT2D eigenvalue weighted by Crippen LogP contribution is -2.48. The van der Waals surface area contributed by atoms with Gasteiger partial charge in [-0.25, -0.2) is 4.98 Å². The third-order valence-electron chi connectivity index (χ3n) is 5.42. The molecule has 0 bridgehead atoms. The van der Waals surface area contributed by atoms with Crippen molar-refractivity contribution in [2.75, 3.05) is 38.0 Å². The number of nitrogens with zero attached hydrogens (tertiary/aromatic N) is 3. The molecule has 11 heteroatoms. The molecule has 0 atom stereocenters. The number of hydrogen-bond acceptors (Lipinski definition) is 5. The van der Waals surface area contributed by atoms with Gasteiger partial charge < -0.3 is 10.3 Å². The van der Waals surface area contributed by atoms with Gasteiger partial charge >= 0.3 is 6.18 Å². The third kappa shape index (κ3) is 5.70. The van der Waals surface area contributed by atoms with Crippen molar-refractivity contribution in [3.8, 4) is 0 Å². The largest absolute Gasteiger partial charge is 0.417 e. The lowest BCUT2D eigenvalue weighted by molar-refractivity contribution is -0.137. The monoisotopic (exact) mass is 479 g/mol. The van der Waals surface area contributed by atoms with E-state index < -0.39 is 22.7 Å². The first-order chi connectivity index (χ1) is 15.7. The summed E-state index contributed by atoms with van der Waals surface area (Å²) in [5, 5.41) is 2.62. The van der Waals surface area contributed by atoms with Gasteiger partial charge in [0.05, 0.1) is 34.6 Å². The van der Waals surface area contributed by atoms with Crippen LogP contribution in [-0.4, -0.2) is 58.4 Å². The Kier molecular flexibility index (Phi) is 6.68. The van der Waals surface area contributed by atoms with Crippen LogP contribution in [0.5, 0.6) is 0 Å². The maximum Gasteiger partial charge on any atom is 0.417 e. The Morgan fingerprint density at radius 1 is 1.09 bits per heavy atom. The van der Waals surface area contributed by atoms with Gasteiger partial charge in [0, 0.05) is 31.9 Å². The molecule has 2 heterocycles. The molecule has 1 fully saturated rings. The summed E-state index contributed by atoms with van der Waals surface area (Å²) in [6.45, 7) is 3.04. The molecule has 1 aromatic heterocycles. The predicted molar refractivity (Wildman–Crippen MR) is 119 cm³/mol. The van der Waals surface area contributed by atoms with Crippen LogP contribution in [0.1, 0.15) is 11.4 Å². The molecule has 0 aliphatic carbocycles. The van der Waals surface area contributed by atoms with E-state index >= 15 is 0 Å². The number of fused-ring (bicyclic) bond motifs is 1. The van der Waals surface area contributed by atoms with Gasteiger partial charge in [-0.2, -0.15) is 13.2 Å². The molecule has 0 unspecified atom stereocenters. The number of amides is 1. The Labute approximate surface area is 192 Å². The molecule has 1 aliphatic rings. The number of nitrogens with one attached hydrogen (secondary N) is 2. The smallest absolute Gasteiger partial charge is 0.325 e. The average Bonchev–Trinajstić information content (AvgIpc) is 2.76. The highest BCUT2D eigenvalue weighted by Crippen LogP contribution is 2.36. The van der Waals surface area contributed by atoms with Crippen molar-refractivity contribution in [3.63, 3.8) is 0 Å². The average molecular weight is 480 g/mol. The molecule has 1 saturated heterocycles. The van der Waals surface area contributed by atoms with Gasteiger partial charge in [-0.3, -0.25) is 19.4 Å². The number of carbonyl (C=O) groups excluding carboxylic acids is 1. The van der Waals surface area contributed by atoms with Crippen LogP contribution < -0.4 is 10.9 Å². The minimum absolute atomic E-state index is 0.0432. The van der Waals surface area contributed by atoms with Crippen molar-refractivity contribution in [1.82, 2.24) is 19.8 Å². The van der Waals surface area contributed by atoms with Crippen LogP contribution in [0.2, 0.25) is 5.02 Å². The highest BCUT2D eigenvalue weighted by Gasteiger charge is 2.33. The quantitative estimate of drug-likeness (QED) is 0.586. The van der Waals surface area contributed by atoms with Crippen LogP contribution in [-0.2, 0) is 17.5 Å². The second kappa shape index (κ2) is 9.50. The summed E-state index contributed by atoms with van der Waals surface area (Å²) >= 11 is 5.61. The standard InChI is InChI=1S/C22H21ClF3N5O2/c23-17-6-5-14(11-16(17)22(24,25)26)27-20(32)13-31-9-7-30(8-10-31)12-19-28-18-4-2-1-3-15(18)21(33)29-19/h1-6,11H,7-10,12-13H2,(H,27,32)(H,28,29,33). The molecule has 33 heavy (non-hydrogen) atoms. The summed E-state index contributed by atoms with van der Waals surface area (Å²) in [6, 6.07) is 10.4. The second-order valence-electron chi connectivity index (χ2n) is 7.82. The number of benzene rings is 2. The number of anilines is 1. The van der Waals surface area contributed by atoms with Gasteiger partial charge in [0.15, 0.2) is 0 Å². The van der Waals surface area contributed by atoms with Gasteiger partial charge in [-0.1, -0.05) is 23.7 Å². The molecule has 0 radical (unpaired) electrons. The molecular formula is C22H21ClF3N5O2. The van der Waals surface area contributed by atoms with Gasteiger partial charge in [-0.05, 0) is 30.3 Å². The number of hydrogen-bond donors (Lipinski definition) is 2. The number of halogens is 4. The summed E-state index contributed by atoms with van der Waals surface area (Å²) in [7, 11) is 0. The summed E-state index contributed by atoms with van der Waals surface area (Å²) in [4.78, 5) is 35.9. The Morgan fingerprint density at radius 3 is 2.52 bits per heavy atom. The zero-order valence-corrected chi connectivity index (χ0v) is 18.2. The van der Waals surface area contributed by atoms with Crippen molar-refractivity contribution >= 4 is 34.1 Å². The third-order valence-corrected chi connectivity index (χ3v) is 5.75. The fourth-order valence-electron chi connectivity index (χ4n) is 3.75. The highest BCUT2D eigenvalue weighted by atomic mass is 35.5. The maximum absolute atomic E-state index is 13.0. The SMILES string of the molecule is O=C(CN1CCN(Cc2nc3ccccc3c(=O)[nH]2)CC1)Nc1ccc(Cl)c(C(F)(F)F)c1. The van der Waals surface area contributed by atoms with E-state index in [2.05, 4.69) is 20.2 Å². The van der Waals surface area contributed by atoms with Crippen molar-refractivity contribution in [1.29, 1.82) is 0 Å². The lowest BCUT2D eigenvalue weighted by Gasteiger charge is -2.33. The normalized spacial score (nSPS) is 15.6. The van der Waals surface area contributed by atoms with Crippen molar-refractivity contribution in [3.05, 3.63) is 69.2 Å². The van der Waals surface area contributed by atoms with Gasteiger partial charge in [0.25, 0.3) is 5.56 Å². The molecule has 1 aliphatic heterocycles. The Balaban J connectivity index is 1.30. The topological polar surface area (TPSA) is 81.3 Å². The number of carbonyl (C=O) groups is 1. The number of aromatic amines is 1. The Bertz CT molecular complexity index is 1220. The van der Waals surface area contributed by atoms with Gasteiger partial charge in [0.2, 0.25) is 5.91 Å². The fraction of sp³-hybridized carbons (Fsp3) is 0.318. The van der Waals surface area contributed by atoms with Gasteiger partial charge in [0.1, 0.15) is 5.82 Å². The zero-order chi connectivity index (χ0) is 23.6. The van der Waals surface area contributed by atoms with Crippen LogP contribution in [0.25, 0.3) is 10.9 Å². The second-order valence-corrected chi connectivity index (χ2v) is 8.23. The number of rotatable bonds is 5.